The monoisotopic (exact) mass is 469 g/mol. The summed E-state index contributed by atoms with van der Waals surface area (Å²) in [6, 6.07) is 11.6. The number of nitro groups is 1. The Bertz CT molecular complexity index is 783. The molecule has 0 aromatic heterocycles. The maximum atomic E-state index is 10.7. The zero-order valence-corrected chi connectivity index (χ0v) is 16.3. The molecule has 138 valence electrons. The van der Waals surface area contributed by atoms with E-state index >= 15 is 0 Å². The van der Waals surface area contributed by atoms with Crippen LogP contribution in [0.15, 0.2) is 42.5 Å². The van der Waals surface area contributed by atoms with E-state index in [1.165, 1.54) is 12.1 Å². The molecule has 0 amide bonds. The normalized spacial score (nSPS) is 10.3. The lowest BCUT2D eigenvalue weighted by molar-refractivity contribution is -0.384. The lowest BCUT2D eigenvalue weighted by Crippen LogP contribution is -2.11. The number of nitrogens with one attached hydrogen (secondary N) is 1. The average Bonchev–Trinajstić information content (AvgIpc) is 2.62. The number of nitro benzene ring substituents is 1. The van der Waals surface area contributed by atoms with Gasteiger partial charge in [-0.3, -0.25) is 15.5 Å². The number of hydrogen-bond donors (Lipinski definition) is 2. The molecule has 0 aliphatic carbocycles. The van der Waals surface area contributed by atoms with Gasteiger partial charge in [0.2, 0.25) is 0 Å². The van der Waals surface area contributed by atoms with Crippen molar-refractivity contribution in [2.45, 2.75) is 19.3 Å². The van der Waals surface area contributed by atoms with Gasteiger partial charge in [0.15, 0.2) is 0 Å². The van der Waals surface area contributed by atoms with Crippen LogP contribution in [0.2, 0.25) is 0 Å². The second-order valence-corrected chi connectivity index (χ2v) is 6.73. The number of amidine groups is 1. The summed E-state index contributed by atoms with van der Waals surface area (Å²) in [6.07, 6.45) is 2.65. The first-order chi connectivity index (χ1) is 12.5. The van der Waals surface area contributed by atoms with Gasteiger partial charge in [0.05, 0.1) is 27.8 Å². The van der Waals surface area contributed by atoms with Gasteiger partial charge in [0.25, 0.3) is 5.69 Å². The zero-order chi connectivity index (χ0) is 18.9. The van der Waals surface area contributed by atoms with Gasteiger partial charge in [-0.2, -0.15) is 0 Å². The number of halogens is 1. The number of ether oxygens (including phenoxy) is 2. The zero-order valence-electron chi connectivity index (χ0n) is 14.1. The summed E-state index contributed by atoms with van der Waals surface area (Å²) in [5, 5.41) is 18.1. The van der Waals surface area contributed by atoms with Crippen LogP contribution in [-0.2, 0) is 0 Å². The van der Waals surface area contributed by atoms with Crippen LogP contribution in [0.5, 0.6) is 11.5 Å². The topological polar surface area (TPSA) is 111 Å². The molecular weight excluding hydrogens is 449 g/mol. The predicted molar refractivity (Wildman–Crippen MR) is 108 cm³/mol. The number of non-ortho nitro benzene ring substituents is 1. The van der Waals surface area contributed by atoms with Gasteiger partial charge in [-0.1, -0.05) is 6.07 Å². The average molecular weight is 469 g/mol. The molecule has 0 saturated heterocycles. The van der Waals surface area contributed by atoms with Gasteiger partial charge in [0.1, 0.15) is 17.3 Å². The van der Waals surface area contributed by atoms with Crippen LogP contribution in [-0.4, -0.2) is 24.0 Å². The van der Waals surface area contributed by atoms with Crippen molar-refractivity contribution >= 4 is 34.1 Å². The second kappa shape index (κ2) is 9.95. The van der Waals surface area contributed by atoms with Crippen LogP contribution < -0.4 is 15.2 Å². The third-order valence-electron chi connectivity index (χ3n) is 3.59. The van der Waals surface area contributed by atoms with E-state index in [0.717, 1.165) is 28.6 Å². The van der Waals surface area contributed by atoms with Crippen LogP contribution in [0.3, 0.4) is 0 Å². The lowest BCUT2D eigenvalue weighted by atomic mass is 10.2. The summed E-state index contributed by atoms with van der Waals surface area (Å²) in [6.45, 7) is 1.10. The van der Waals surface area contributed by atoms with Crippen LogP contribution in [0.1, 0.15) is 24.8 Å². The SMILES string of the molecule is N=C(N)c1ccc(OCCCCCOc2cccc([N+](=O)[O-])c2)c(I)c1. The minimum atomic E-state index is -0.436. The predicted octanol–water partition coefficient (Wildman–Crippen LogP) is 4.11. The Hall–Kier alpha value is -2.36. The number of unbranched alkanes of at least 4 members (excludes halogenated alkanes) is 2. The van der Waals surface area contributed by atoms with Gasteiger partial charge in [-0.25, -0.2) is 0 Å². The first kappa shape index (κ1) is 20.0. The number of hydrogen-bond acceptors (Lipinski definition) is 5. The molecule has 7 nitrogen and oxygen atoms in total. The fourth-order valence-electron chi connectivity index (χ4n) is 2.23. The highest BCUT2D eigenvalue weighted by molar-refractivity contribution is 14.1. The van der Waals surface area contributed by atoms with Gasteiger partial charge in [0, 0.05) is 11.6 Å². The molecule has 2 rings (SSSR count). The molecule has 0 heterocycles. The summed E-state index contributed by atoms with van der Waals surface area (Å²) in [7, 11) is 0. The van der Waals surface area contributed by atoms with Crippen molar-refractivity contribution in [1.29, 1.82) is 5.41 Å². The highest BCUT2D eigenvalue weighted by Gasteiger charge is 2.06. The first-order valence-electron chi connectivity index (χ1n) is 8.11. The smallest absolute Gasteiger partial charge is 0.273 e. The molecule has 26 heavy (non-hydrogen) atoms. The van der Waals surface area contributed by atoms with E-state index in [4.69, 9.17) is 20.6 Å². The van der Waals surface area contributed by atoms with E-state index in [1.54, 1.807) is 18.2 Å². The van der Waals surface area contributed by atoms with Crippen molar-refractivity contribution in [3.05, 3.63) is 61.7 Å². The lowest BCUT2D eigenvalue weighted by Gasteiger charge is -2.10. The molecule has 0 fully saturated rings. The second-order valence-electron chi connectivity index (χ2n) is 5.57. The summed E-state index contributed by atoms with van der Waals surface area (Å²) < 4.78 is 12.2. The Morgan fingerprint density at radius 2 is 1.85 bits per heavy atom. The molecule has 0 unspecified atom stereocenters. The molecular formula is C18H20IN3O4. The fourth-order valence-corrected chi connectivity index (χ4v) is 2.90. The molecule has 0 spiro atoms. The Balaban J connectivity index is 1.65. The van der Waals surface area contributed by atoms with Crippen molar-refractivity contribution in [1.82, 2.24) is 0 Å². The summed E-state index contributed by atoms with van der Waals surface area (Å²) in [5.74, 6) is 1.33. The van der Waals surface area contributed by atoms with E-state index in [1.807, 2.05) is 12.1 Å². The molecule has 8 heteroatoms. The van der Waals surface area contributed by atoms with Crippen LogP contribution >= 0.6 is 22.6 Å². The van der Waals surface area contributed by atoms with Crippen LogP contribution in [0, 0.1) is 19.1 Å². The van der Waals surface area contributed by atoms with E-state index in [9.17, 15) is 10.1 Å². The van der Waals surface area contributed by atoms with Crippen molar-refractivity contribution in [2.75, 3.05) is 13.2 Å². The van der Waals surface area contributed by atoms with Crippen LogP contribution in [0.4, 0.5) is 5.69 Å². The number of benzene rings is 2. The molecule has 3 N–H and O–H groups in total. The first-order valence-corrected chi connectivity index (χ1v) is 9.19. The standard InChI is InChI=1S/C18H20IN3O4/c19-16-11-13(18(20)21)7-8-17(16)26-10-3-1-2-9-25-15-6-4-5-14(12-15)22(23)24/h4-8,11-12H,1-3,9-10H2,(H3,20,21). The molecule has 2 aromatic rings. The number of rotatable bonds is 10. The van der Waals surface area contributed by atoms with Crippen molar-refractivity contribution in [3.63, 3.8) is 0 Å². The maximum Gasteiger partial charge on any atom is 0.273 e. The van der Waals surface area contributed by atoms with E-state index < -0.39 is 4.92 Å². The summed E-state index contributed by atoms with van der Waals surface area (Å²) >= 11 is 2.16. The number of nitrogens with two attached hydrogens (primary N) is 1. The van der Waals surface area contributed by atoms with Crippen molar-refractivity contribution < 1.29 is 14.4 Å². The number of nitrogen functional groups attached to an aromatic ring is 1. The fraction of sp³-hybridized carbons (Fsp3) is 0.278. The highest BCUT2D eigenvalue weighted by Crippen LogP contribution is 2.22. The Kier molecular flexibility index (Phi) is 7.64. The van der Waals surface area contributed by atoms with E-state index in [2.05, 4.69) is 22.6 Å². The summed E-state index contributed by atoms with van der Waals surface area (Å²) in [5.41, 5.74) is 6.17. The largest absolute Gasteiger partial charge is 0.493 e. The molecule has 2 aromatic carbocycles. The van der Waals surface area contributed by atoms with Gasteiger partial charge >= 0.3 is 0 Å². The van der Waals surface area contributed by atoms with E-state index in [-0.39, 0.29) is 11.5 Å². The quantitative estimate of drug-likeness (QED) is 0.136. The molecule has 0 saturated carbocycles. The Morgan fingerprint density at radius 1 is 1.12 bits per heavy atom. The minimum Gasteiger partial charge on any atom is -0.493 e. The minimum absolute atomic E-state index is 0.0290. The summed E-state index contributed by atoms with van der Waals surface area (Å²) in [4.78, 5) is 10.3. The highest BCUT2D eigenvalue weighted by atomic mass is 127. The van der Waals surface area contributed by atoms with Gasteiger partial charge in [-0.15, -0.1) is 0 Å². The van der Waals surface area contributed by atoms with Gasteiger partial charge in [-0.05, 0) is 66.1 Å². The Morgan fingerprint density at radius 3 is 2.50 bits per heavy atom. The van der Waals surface area contributed by atoms with Crippen LogP contribution in [0.25, 0.3) is 0 Å². The van der Waals surface area contributed by atoms with Crippen molar-refractivity contribution in [3.8, 4) is 11.5 Å². The molecule has 0 aliphatic rings. The molecule has 0 radical (unpaired) electrons. The van der Waals surface area contributed by atoms with E-state index in [0.29, 0.717) is 24.5 Å². The van der Waals surface area contributed by atoms with Gasteiger partial charge < -0.3 is 15.2 Å². The maximum absolute atomic E-state index is 10.7. The molecule has 0 aliphatic heterocycles. The molecule has 0 atom stereocenters. The third-order valence-corrected chi connectivity index (χ3v) is 4.43. The number of nitrogens with zero attached hydrogens (tertiary/aromatic N) is 1. The Labute approximate surface area is 165 Å². The van der Waals surface area contributed by atoms with Crippen molar-refractivity contribution in [2.24, 2.45) is 5.73 Å². The third kappa shape index (κ3) is 6.17. The molecule has 0 bridgehead atoms.